The summed E-state index contributed by atoms with van der Waals surface area (Å²) in [7, 11) is 4.86. The molecule has 208 valence electrons. The van der Waals surface area contributed by atoms with E-state index in [1.807, 2.05) is 11.9 Å². The molecule has 0 bridgehead atoms. The van der Waals surface area contributed by atoms with Gasteiger partial charge in [0, 0.05) is 36.8 Å². The number of rotatable bonds is 7. The lowest BCUT2D eigenvalue weighted by molar-refractivity contribution is -0.140. The predicted octanol–water partition coefficient (Wildman–Crippen LogP) is 4.49. The fourth-order valence-electron chi connectivity index (χ4n) is 4.68. The van der Waals surface area contributed by atoms with E-state index in [4.69, 9.17) is 4.74 Å². The number of hydrogen-bond donors (Lipinski definition) is 3. The van der Waals surface area contributed by atoms with Gasteiger partial charge in [0.05, 0.1) is 36.6 Å². The van der Waals surface area contributed by atoms with E-state index in [1.165, 1.54) is 14.2 Å². The molecule has 0 radical (unpaired) electrons. The number of likely N-dealkylation sites (tertiary alicyclic amines) is 1. The molecule has 2 aromatic carbocycles. The fraction of sp³-hybridized carbons (Fsp3) is 0.393. The second kappa shape index (κ2) is 11.9. The Morgan fingerprint density at radius 3 is 2.67 bits per heavy atom. The van der Waals surface area contributed by atoms with Crippen molar-refractivity contribution < 1.29 is 27.1 Å². The SMILES string of the molecule is CNC(=O)c1ccc(NCC#Cc2cc3c(N[C@@H]4CCN(C)C[C@H]4F)cccc3n2CC(F)(F)F)c(OC)c1. The van der Waals surface area contributed by atoms with Gasteiger partial charge in [-0.3, -0.25) is 4.79 Å². The number of carbonyl (C=O) groups is 1. The molecule has 0 unspecified atom stereocenters. The molecule has 2 atom stereocenters. The summed E-state index contributed by atoms with van der Waals surface area (Å²) in [4.78, 5) is 13.8. The third-order valence-corrected chi connectivity index (χ3v) is 6.64. The Kier molecular flexibility index (Phi) is 8.55. The number of halogens is 4. The number of amides is 1. The van der Waals surface area contributed by atoms with Crippen LogP contribution in [0.1, 0.15) is 22.5 Å². The van der Waals surface area contributed by atoms with Crippen LogP contribution >= 0.6 is 0 Å². The minimum absolute atomic E-state index is 0.119. The van der Waals surface area contributed by atoms with Crippen molar-refractivity contribution in [2.24, 2.45) is 0 Å². The van der Waals surface area contributed by atoms with Crippen LogP contribution < -0.4 is 20.7 Å². The normalized spacial score (nSPS) is 17.8. The van der Waals surface area contributed by atoms with Crippen LogP contribution in [0, 0.1) is 11.8 Å². The number of alkyl halides is 4. The lowest BCUT2D eigenvalue weighted by Crippen LogP contribution is -2.46. The van der Waals surface area contributed by atoms with E-state index in [1.54, 1.807) is 42.5 Å². The van der Waals surface area contributed by atoms with E-state index in [9.17, 15) is 22.4 Å². The first-order valence-electron chi connectivity index (χ1n) is 12.5. The number of piperidine rings is 1. The van der Waals surface area contributed by atoms with Crippen molar-refractivity contribution in [1.29, 1.82) is 0 Å². The zero-order valence-corrected chi connectivity index (χ0v) is 22.0. The van der Waals surface area contributed by atoms with Gasteiger partial charge in [0.25, 0.3) is 5.91 Å². The van der Waals surface area contributed by atoms with Crippen LogP contribution in [-0.4, -0.2) is 74.6 Å². The number of aromatic nitrogens is 1. The first-order chi connectivity index (χ1) is 18.6. The summed E-state index contributed by atoms with van der Waals surface area (Å²) in [5, 5.41) is 9.38. The van der Waals surface area contributed by atoms with Gasteiger partial charge in [0.15, 0.2) is 0 Å². The van der Waals surface area contributed by atoms with E-state index in [0.717, 1.165) is 11.1 Å². The highest BCUT2D eigenvalue weighted by molar-refractivity contribution is 5.95. The summed E-state index contributed by atoms with van der Waals surface area (Å²) in [6.07, 6.45) is -4.96. The number of nitrogens with zero attached hydrogens (tertiary/aromatic N) is 2. The molecule has 4 rings (SSSR count). The molecule has 1 aromatic heterocycles. The summed E-state index contributed by atoms with van der Waals surface area (Å²) in [5.41, 5.74) is 2.14. The molecule has 0 spiro atoms. The second-order valence-corrected chi connectivity index (χ2v) is 9.44. The van der Waals surface area contributed by atoms with Gasteiger partial charge in [-0.15, -0.1) is 0 Å². The van der Waals surface area contributed by atoms with Crippen molar-refractivity contribution >= 4 is 28.2 Å². The average Bonchev–Trinajstić information content (AvgIpc) is 3.24. The molecule has 1 aliphatic rings. The molecule has 1 fully saturated rings. The van der Waals surface area contributed by atoms with Gasteiger partial charge in [-0.25, -0.2) is 4.39 Å². The van der Waals surface area contributed by atoms with Crippen LogP contribution in [-0.2, 0) is 6.54 Å². The Bertz CT molecular complexity index is 1390. The standard InChI is InChI=1S/C28H31F4N5O2/c1-33-27(38)18-9-10-24(26(14-18)39-3)34-12-5-6-19-15-20-22(35-23-11-13-36(2)16-21(23)29)7-4-8-25(20)37(19)17-28(30,31)32/h4,7-10,14-15,21,23,34-35H,11-13,16-17H2,1-3H3,(H,33,38)/t21-,23-/m1/s1. The van der Waals surface area contributed by atoms with Crippen LogP contribution in [0.15, 0.2) is 42.5 Å². The Balaban J connectivity index is 1.59. The Labute approximate surface area is 224 Å². The van der Waals surface area contributed by atoms with Gasteiger partial charge in [-0.1, -0.05) is 12.0 Å². The third kappa shape index (κ3) is 6.75. The lowest BCUT2D eigenvalue weighted by Gasteiger charge is -2.33. The summed E-state index contributed by atoms with van der Waals surface area (Å²) in [6.45, 7) is -0.0580. The molecule has 1 amide bonds. The molecule has 39 heavy (non-hydrogen) atoms. The Hall–Kier alpha value is -3.91. The van der Waals surface area contributed by atoms with Gasteiger partial charge < -0.3 is 30.2 Å². The van der Waals surface area contributed by atoms with E-state index in [2.05, 4.69) is 27.8 Å². The van der Waals surface area contributed by atoms with Crippen molar-refractivity contribution in [1.82, 2.24) is 14.8 Å². The van der Waals surface area contributed by atoms with Gasteiger partial charge in [-0.05, 0) is 55.8 Å². The van der Waals surface area contributed by atoms with Crippen molar-refractivity contribution in [3.8, 4) is 17.6 Å². The Morgan fingerprint density at radius 2 is 1.97 bits per heavy atom. The van der Waals surface area contributed by atoms with Gasteiger partial charge in [0.2, 0.25) is 0 Å². The zero-order chi connectivity index (χ0) is 28.2. The third-order valence-electron chi connectivity index (χ3n) is 6.64. The number of nitrogens with one attached hydrogen (secondary N) is 3. The molecule has 1 saturated heterocycles. The monoisotopic (exact) mass is 545 g/mol. The number of anilines is 2. The van der Waals surface area contributed by atoms with Crippen LogP contribution in [0.5, 0.6) is 5.75 Å². The number of ether oxygens (including phenoxy) is 1. The van der Waals surface area contributed by atoms with Gasteiger partial charge in [0.1, 0.15) is 18.5 Å². The first kappa shape index (κ1) is 28.1. The molecule has 7 nitrogen and oxygen atoms in total. The molecule has 3 aromatic rings. The lowest BCUT2D eigenvalue weighted by atomic mass is 10.0. The maximum atomic E-state index is 14.7. The summed E-state index contributed by atoms with van der Waals surface area (Å²) >= 11 is 0. The van der Waals surface area contributed by atoms with Crippen molar-refractivity contribution in [2.45, 2.75) is 31.4 Å². The zero-order valence-electron chi connectivity index (χ0n) is 22.0. The van der Waals surface area contributed by atoms with Crippen molar-refractivity contribution in [3.05, 3.63) is 53.7 Å². The molecule has 0 aliphatic carbocycles. The minimum Gasteiger partial charge on any atom is -0.495 e. The highest BCUT2D eigenvalue weighted by Gasteiger charge is 2.31. The van der Waals surface area contributed by atoms with Crippen molar-refractivity contribution in [2.75, 3.05) is 51.5 Å². The van der Waals surface area contributed by atoms with E-state index >= 15 is 0 Å². The quantitative estimate of drug-likeness (QED) is 0.302. The number of carbonyl (C=O) groups excluding carboxylic acids is 1. The van der Waals surface area contributed by atoms with Crippen LogP contribution in [0.2, 0.25) is 0 Å². The van der Waals surface area contributed by atoms with Gasteiger partial charge in [-0.2, -0.15) is 13.2 Å². The average molecular weight is 546 g/mol. The molecule has 0 saturated carbocycles. The maximum absolute atomic E-state index is 14.7. The van der Waals surface area contributed by atoms with Gasteiger partial charge >= 0.3 is 6.18 Å². The highest BCUT2D eigenvalue weighted by atomic mass is 19.4. The summed E-state index contributed by atoms with van der Waals surface area (Å²) in [5.74, 6) is 5.90. The van der Waals surface area contributed by atoms with Crippen LogP contribution in [0.4, 0.5) is 28.9 Å². The van der Waals surface area contributed by atoms with Crippen LogP contribution in [0.25, 0.3) is 10.9 Å². The minimum atomic E-state index is -4.46. The first-order valence-corrected chi connectivity index (χ1v) is 12.5. The maximum Gasteiger partial charge on any atom is 0.406 e. The molecule has 1 aliphatic heterocycles. The van der Waals surface area contributed by atoms with E-state index in [0.29, 0.717) is 46.6 Å². The van der Waals surface area contributed by atoms with E-state index < -0.39 is 24.9 Å². The molecular formula is C28H31F4N5O2. The Morgan fingerprint density at radius 1 is 1.18 bits per heavy atom. The number of methoxy groups -OCH3 is 1. The highest BCUT2D eigenvalue weighted by Crippen LogP contribution is 2.32. The van der Waals surface area contributed by atoms with Crippen molar-refractivity contribution in [3.63, 3.8) is 0 Å². The topological polar surface area (TPSA) is 70.6 Å². The smallest absolute Gasteiger partial charge is 0.406 e. The summed E-state index contributed by atoms with van der Waals surface area (Å²) in [6, 6.07) is 11.1. The molecule has 3 N–H and O–H groups in total. The number of benzene rings is 2. The second-order valence-electron chi connectivity index (χ2n) is 9.44. The fourth-order valence-corrected chi connectivity index (χ4v) is 4.68. The largest absolute Gasteiger partial charge is 0.495 e. The number of hydrogen-bond acceptors (Lipinski definition) is 5. The molecule has 11 heteroatoms. The predicted molar refractivity (Wildman–Crippen MR) is 144 cm³/mol. The molecule has 2 heterocycles. The number of fused-ring (bicyclic) bond motifs is 1. The van der Waals surface area contributed by atoms with Crippen LogP contribution in [0.3, 0.4) is 0 Å². The van der Waals surface area contributed by atoms with E-state index in [-0.39, 0.29) is 18.1 Å². The molecular weight excluding hydrogens is 514 g/mol. The summed E-state index contributed by atoms with van der Waals surface area (Å²) < 4.78 is 61.6.